The van der Waals surface area contributed by atoms with Crippen molar-refractivity contribution in [1.82, 2.24) is 10.2 Å². The molecule has 2 rings (SSSR count). The number of likely N-dealkylation sites (tertiary alicyclic amines) is 1. The summed E-state index contributed by atoms with van der Waals surface area (Å²) in [6.45, 7) is 7.93. The molecule has 0 radical (unpaired) electrons. The summed E-state index contributed by atoms with van der Waals surface area (Å²) in [5.74, 6) is 1.05. The fourth-order valence-corrected chi connectivity index (χ4v) is 2.12. The molecule has 0 saturated carbocycles. The summed E-state index contributed by atoms with van der Waals surface area (Å²) in [5.41, 5.74) is 2.27. The third-order valence-electron chi connectivity index (χ3n) is 3.60. The number of nitrogens with zero attached hydrogens (tertiary/aromatic N) is 1. The SMILES string of the molecule is CC(C(=O)N1CCC(C)CC1)=C1CNC1. The Balaban J connectivity index is 1.96. The van der Waals surface area contributed by atoms with Gasteiger partial charge in [-0.15, -0.1) is 0 Å². The molecular weight excluding hydrogens is 188 g/mol. The minimum Gasteiger partial charge on any atom is -0.339 e. The highest BCUT2D eigenvalue weighted by Gasteiger charge is 2.24. The molecule has 0 unspecified atom stereocenters. The second-order valence-electron chi connectivity index (χ2n) is 4.81. The number of carbonyl (C=O) groups is 1. The van der Waals surface area contributed by atoms with Crippen molar-refractivity contribution in [2.24, 2.45) is 5.92 Å². The molecule has 2 heterocycles. The van der Waals surface area contributed by atoms with Gasteiger partial charge < -0.3 is 10.2 Å². The number of nitrogens with one attached hydrogen (secondary N) is 1. The lowest BCUT2D eigenvalue weighted by Gasteiger charge is -2.32. The van der Waals surface area contributed by atoms with E-state index in [2.05, 4.69) is 12.2 Å². The summed E-state index contributed by atoms with van der Waals surface area (Å²) in [5, 5.41) is 3.18. The van der Waals surface area contributed by atoms with Gasteiger partial charge in [-0.05, 0) is 31.3 Å². The molecule has 2 fully saturated rings. The smallest absolute Gasteiger partial charge is 0.249 e. The van der Waals surface area contributed by atoms with Crippen molar-refractivity contribution in [3.8, 4) is 0 Å². The quantitative estimate of drug-likeness (QED) is 0.656. The standard InChI is InChI=1S/C12H20N2O/c1-9-3-5-14(6-4-9)12(15)10(2)11-7-13-8-11/h9,13H,3-8H2,1-2H3. The maximum absolute atomic E-state index is 12.1. The largest absolute Gasteiger partial charge is 0.339 e. The van der Waals surface area contributed by atoms with E-state index < -0.39 is 0 Å². The molecule has 0 bridgehead atoms. The fraction of sp³-hybridized carbons (Fsp3) is 0.750. The zero-order chi connectivity index (χ0) is 10.8. The molecule has 2 aliphatic heterocycles. The fourth-order valence-electron chi connectivity index (χ4n) is 2.12. The van der Waals surface area contributed by atoms with Crippen LogP contribution in [0.1, 0.15) is 26.7 Å². The number of carbonyl (C=O) groups excluding carboxylic acids is 1. The molecule has 0 spiro atoms. The van der Waals surface area contributed by atoms with Crippen molar-refractivity contribution in [3.05, 3.63) is 11.1 Å². The Morgan fingerprint density at radius 2 is 1.93 bits per heavy atom. The summed E-state index contributed by atoms with van der Waals surface area (Å²) in [4.78, 5) is 14.1. The Kier molecular flexibility index (Phi) is 3.10. The van der Waals surface area contributed by atoms with Crippen LogP contribution in [-0.2, 0) is 4.79 Å². The maximum atomic E-state index is 12.1. The van der Waals surface area contributed by atoms with Gasteiger partial charge >= 0.3 is 0 Å². The second kappa shape index (κ2) is 4.35. The summed E-state index contributed by atoms with van der Waals surface area (Å²) in [7, 11) is 0. The molecule has 3 nitrogen and oxygen atoms in total. The molecular formula is C12H20N2O. The Hall–Kier alpha value is -0.830. The van der Waals surface area contributed by atoms with Gasteiger partial charge in [0.25, 0.3) is 0 Å². The van der Waals surface area contributed by atoms with E-state index in [0.717, 1.165) is 50.5 Å². The predicted octanol–water partition coefficient (Wildman–Crippen LogP) is 1.16. The topological polar surface area (TPSA) is 32.3 Å². The molecule has 15 heavy (non-hydrogen) atoms. The molecule has 3 heteroatoms. The summed E-state index contributed by atoms with van der Waals surface area (Å²) in [6.07, 6.45) is 2.32. The first-order valence-corrected chi connectivity index (χ1v) is 5.87. The summed E-state index contributed by atoms with van der Waals surface area (Å²) in [6, 6.07) is 0. The van der Waals surface area contributed by atoms with E-state index in [1.54, 1.807) is 0 Å². The minimum absolute atomic E-state index is 0.262. The van der Waals surface area contributed by atoms with Crippen LogP contribution in [0.4, 0.5) is 0 Å². The summed E-state index contributed by atoms with van der Waals surface area (Å²) < 4.78 is 0. The van der Waals surface area contributed by atoms with Crippen molar-refractivity contribution in [2.75, 3.05) is 26.2 Å². The lowest BCUT2D eigenvalue weighted by atomic mass is 9.97. The van der Waals surface area contributed by atoms with Gasteiger partial charge in [0.05, 0.1) is 0 Å². The molecule has 0 aromatic carbocycles. The maximum Gasteiger partial charge on any atom is 0.249 e. The lowest BCUT2D eigenvalue weighted by molar-refractivity contribution is -0.128. The number of amides is 1. The van der Waals surface area contributed by atoms with Gasteiger partial charge in [0, 0.05) is 31.8 Å². The third kappa shape index (κ3) is 2.23. The lowest BCUT2D eigenvalue weighted by Crippen LogP contribution is -2.41. The van der Waals surface area contributed by atoms with Gasteiger partial charge in [0.2, 0.25) is 5.91 Å². The number of hydrogen-bond donors (Lipinski definition) is 1. The third-order valence-corrected chi connectivity index (χ3v) is 3.60. The predicted molar refractivity (Wildman–Crippen MR) is 60.5 cm³/mol. The molecule has 84 valence electrons. The van der Waals surface area contributed by atoms with Crippen molar-refractivity contribution < 1.29 is 4.79 Å². The Morgan fingerprint density at radius 1 is 1.33 bits per heavy atom. The van der Waals surface area contributed by atoms with E-state index in [0.29, 0.717) is 0 Å². The zero-order valence-electron chi connectivity index (χ0n) is 9.68. The van der Waals surface area contributed by atoms with E-state index in [1.165, 1.54) is 5.57 Å². The first-order valence-electron chi connectivity index (χ1n) is 5.87. The minimum atomic E-state index is 0.262. The van der Waals surface area contributed by atoms with E-state index in [4.69, 9.17) is 0 Å². The summed E-state index contributed by atoms with van der Waals surface area (Å²) >= 11 is 0. The zero-order valence-corrected chi connectivity index (χ0v) is 9.68. The second-order valence-corrected chi connectivity index (χ2v) is 4.81. The first kappa shape index (κ1) is 10.7. The Morgan fingerprint density at radius 3 is 2.40 bits per heavy atom. The van der Waals surface area contributed by atoms with Gasteiger partial charge in [-0.2, -0.15) is 0 Å². The first-order chi connectivity index (χ1) is 7.18. The van der Waals surface area contributed by atoms with Crippen molar-refractivity contribution >= 4 is 5.91 Å². The molecule has 0 aromatic rings. The van der Waals surface area contributed by atoms with E-state index in [9.17, 15) is 4.79 Å². The van der Waals surface area contributed by atoms with Crippen molar-refractivity contribution in [1.29, 1.82) is 0 Å². The van der Waals surface area contributed by atoms with Crippen molar-refractivity contribution in [3.63, 3.8) is 0 Å². The van der Waals surface area contributed by atoms with Gasteiger partial charge in [-0.1, -0.05) is 6.92 Å². The van der Waals surface area contributed by atoms with Gasteiger partial charge in [-0.25, -0.2) is 0 Å². The van der Waals surface area contributed by atoms with Crippen LogP contribution in [0.3, 0.4) is 0 Å². The molecule has 2 saturated heterocycles. The molecule has 1 N–H and O–H groups in total. The average Bonchev–Trinajstić information content (AvgIpc) is 2.15. The van der Waals surface area contributed by atoms with Gasteiger partial charge in [-0.3, -0.25) is 4.79 Å². The highest BCUT2D eigenvalue weighted by atomic mass is 16.2. The van der Waals surface area contributed by atoms with Crippen LogP contribution in [0, 0.1) is 5.92 Å². The van der Waals surface area contributed by atoms with E-state index >= 15 is 0 Å². The van der Waals surface area contributed by atoms with Crippen molar-refractivity contribution in [2.45, 2.75) is 26.7 Å². The van der Waals surface area contributed by atoms with Crippen LogP contribution in [0.25, 0.3) is 0 Å². The van der Waals surface area contributed by atoms with Gasteiger partial charge in [0.1, 0.15) is 0 Å². The van der Waals surface area contributed by atoms with E-state index in [1.807, 2.05) is 11.8 Å². The van der Waals surface area contributed by atoms with Crippen LogP contribution in [0.5, 0.6) is 0 Å². The number of rotatable bonds is 1. The Bertz CT molecular complexity index is 282. The highest BCUT2D eigenvalue weighted by molar-refractivity contribution is 5.94. The number of piperidine rings is 1. The Labute approximate surface area is 91.5 Å². The molecule has 0 atom stereocenters. The molecule has 1 amide bonds. The van der Waals surface area contributed by atoms with Crippen LogP contribution >= 0.6 is 0 Å². The monoisotopic (exact) mass is 208 g/mol. The molecule has 0 aromatic heterocycles. The highest BCUT2D eigenvalue weighted by Crippen LogP contribution is 2.19. The van der Waals surface area contributed by atoms with Crippen LogP contribution in [-0.4, -0.2) is 37.0 Å². The van der Waals surface area contributed by atoms with Crippen LogP contribution < -0.4 is 5.32 Å². The van der Waals surface area contributed by atoms with E-state index in [-0.39, 0.29) is 5.91 Å². The molecule has 0 aliphatic carbocycles. The molecule has 2 aliphatic rings. The number of hydrogen-bond acceptors (Lipinski definition) is 2. The average molecular weight is 208 g/mol. The van der Waals surface area contributed by atoms with Crippen LogP contribution in [0.15, 0.2) is 11.1 Å². The normalized spacial score (nSPS) is 22.5. The van der Waals surface area contributed by atoms with Crippen LogP contribution in [0.2, 0.25) is 0 Å². The van der Waals surface area contributed by atoms with Gasteiger partial charge in [0.15, 0.2) is 0 Å².